The molecule has 0 bridgehead atoms. The Bertz CT molecular complexity index is 575. The van der Waals surface area contributed by atoms with Crippen molar-refractivity contribution in [3.8, 4) is 5.75 Å². The second-order valence-electron chi connectivity index (χ2n) is 4.39. The maximum absolute atomic E-state index is 13.1. The van der Waals surface area contributed by atoms with E-state index >= 15 is 0 Å². The van der Waals surface area contributed by atoms with Gasteiger partial charge in [0, 0.05) is 12.2 Å². The van der Waals surface area contributed by atoms with Gasteiger partial charge in [0.2, 0.25) is 0 Å². The van der Waals surface area contributed by atoms with Crippen LogP contribution < -0.4 is 15.8 Å². The summed E-state index contributed by atoms with van der Waals surface area (Å²) in [6, 6.07) is 11.9. The lowest BCUT2D eigenvalue weighted by atomic mass is 10.1. The molecule has 0 aromatic heterocycles. The quantitative estimate of drug-likeness (QED) is 0.857. The van der Waals surface area contributed by atoms with Crippen molar-refractivity contribution in [2.75, 3.05) is 11.9 Å². The van der Waals surface area contributed by atoms with Gasteiger partial charge in [0.05, 0.1) is 6.04 Å². The van der Waals surface area contributed by atoms with Gasteiger partial charge in [0.15, 0.2) is 0 Å². The standard InChI is InChI=1S/C15H15F3N2O/c16-11-2-1-3-12(8-11)20-14(9-19)10-4-6-13(7-5-10)21-15(17)18/h1-8,14-15,20H,9,19H2. The molecular formula is C15H15F3N2O. The maximum Gasteiger partial charge on any atom is 0.387 e. The number of benzene rings is 2. The van der Waals surface area contributed by atoms with Crippen molar-refractivity contribution in [3.63, 3.8) is 0 Å². The number of nitrogens with one attached hydrogen (secondary N) is 1. The van der Waals surface area contributed by atoms with Crippen molar-refractivity contribution >= 4 is 5.69 Å². The first-order chi connectivity index (χ1) is 10.1. The molecule has 0 amide bonds. The van der Waals surface area contributed by atoms with E-state index in [0.717, 1.165) is 5.56 Å². The average molecular weight is 296 g/mol. The number of halogens is 3. The van der Waals surface area contributed by atoms with Gasteiger partial charge >= 0.3 is 6.61 Å². The summed E-state index contributed by atoms with van der Waals surface area (Å²) >= 11 is 0. The zero-order chi connectivity index (χ0) is 15.2. The third-order valence-corrected chi connectivity index (χ3v) is 2.91. The van der Waals surface area contributed by atoms with Gasteiger partial charge in [-0.2, -0.15) is 8.78 Å². The first-order valence-electron chi connectivity index (χ1n) is 6.35. The minimum Gasteiger partial charge on any atom is -0.435 e. The Morgan fingerprint density at radius 2 is 1.81 bits per heavy atom. The first-order valence-corrected chi connectivity index (χ1v) is 6.35. The molecule has 21 heavy (non-hydrogen) atoms. The van der Waals surface area contributed by atoms with Gasteiger partial charge in [-0.3, -0.25) is 0 Å². The van der Waals surface area contributed by atoms with Gasteiger partial charge in [-0.25, -0.2) is 4.39 Å². The fourth-order valence-corrected chi connectivity index (χ4v) is 1.94. The monoisotopic (exact) mass is 296 g/mol. The van der Waals surface area contributed by atoms with E-state index in [2.05, 4.69) is 10.1 Å². The topological polar surface area (TPSA) is 47.3 Å². The van der Waals surface area contributed by atoms with E-state index in [-0.39, 0.29) is 24.2 Å². The second kappa shape index (κ2) is 6.99. The highest BCUT2D eigenvalue weighted by Crippen LogP contribution is 2.22. The van der Waals surface area contributed by atoms with E-state index in [1.54, 1.807) is 24.3 Å². The minimum absolute atomic E-state index is 0.0790. The van der Waals surface area contributed by atoms with Crippen molar-refractivity contribution in [2.45, 2.75) is 12.7 Å². The second-order valence-corrected chi connectivity index (χ2v) is 4.39. The number of hydrogen-bond donors (Lipinski definition) is 2. The maximum atomic E-state index is 13.1. The summed E-state index contributed by atoms with van der Waals surface area (Å²) in [5, 5.41) is 3.09. The molecule has 6 heteroatoms. The number of rotatable bonds is 6. The Labute approximate surface area is 120 Å². The van der Waals surface area contributed by atoms with E-state index in [9.17, 15) is 13.2 Å². The number of hydrogen-bond acceptors (Lipinski definition) is 3. The lowest BCUT2D eigenvalue weighted by molar-refractivity contribution is -0.0498. The van der Waals surface area contributed by atoms with Crippen LogP contribution in [0.15, 0.2) is 48.5 Å². The van der Waals surface area contributed by atoms with Crippen molar-refractivity contribution in [3.05, 3.63) is 59.9 Å². The van der Waals surface area contributed by atoms with Crippen LogP contribution in [0.3, 0.4) is 0 Å². The number of nitrogens with two attached hydrogens (primary N) is 1. The van der Waals surface area contributed by atoms with E-state index in [1.807, 2.05) is 0 Å². The Balaban J connectivity index is 2.10. The number of anilines is 1. The number of alkyl halides is 2. The van der Waals surface area contributed by atoms with E-state index < -0.39 is 6.61 Å². The summed E-state index contributed by atoms with van der Waals surface area (Å²) in [4.78, 5) is 0. The fourth-order valence-electron chi connectivity index (χ4n) is 1.94. The molecule has 1 atom stereocenters. The lowest BCUT2D eigenvalue weighted by Crippen LogP contribution is -2.20. The molecule has 112 valence electrons. The molecule has 3 nitrogen and oxygen atoms in total. The summed E-state index contributed by atoms with van der Waals surface area (Å²) in [5.74, 6) is -0.272. The molecule has 0 saturated heterocycles. The summed E-state index contributed by atoms with van der Waals surface area (Å²) in [6.07, 6.45) is 0. The predicted molar refractivity (Wildman–Crippen MR) is 74.9 cm³/mol. The van der Waals surface area contributed by atoms with Crippen LogP contribution in [0.1, 0.15) is 11.6 Å². The summed E-state index contributed by atoms with van der Waals surface area (Å²) in [5.41, 5.74) is 7.09. The largest absolute Gasteiger partial charge is 0.435 e. The molecule has 0 saturated carbocycles. The van der Waals surface area contributed by atoms with Crippen LogP contribution in [0, 0.1) is 5.82 Å². The van der Waals surface area contributed by atoms with E-state index in [1.165, 1.54) is 24.3 Å². The Morgan fingerprint density at radius 3 is 2.38 bits per heavy atom. The molecule has 3 N–H and O–H groups in total. The highest BCUT2D eigenvalue weighted by Gasteiger charge is 2.11. The van der Waals surface area contributed by atoms with Crippen LogP contribution in [0.2, 0.25) is 0 Å². The average Bonchev–Trinajstić information content (AvgIpc) is 2.45. The van der Waals surface area contributed by atoms with Crippen LogP contribution in [0.5, 0.6) is 5.75 Å². The van der Waals surface area contributed by atoms with Gasteiger partial charge in [-0.05, 0) is 35.9 Å². The summed E-state index contributed by atoms with van der Waals surface area (Å²) in [6.45, 7) is -2.59. The zero-order valence-corrected chi connectivity index (χ0v) is 11.1. The smallest absolute Gasteiger partial charge is 0.387 e. The molecule has 0 radical (unpaired) electrons. The van der Waals surface area contributed by atoms with E-state index in [4.69, 9.17) is 5.73 Å². The third kappa shape index (κ3) is 4.39. The van der Waals surface area contributed by atoms with Crippen molar-refractivity contribution in [2.24, 2.45) is 5.73 Å². The van der Waals surface area contributed by atoms with Gasteiger partial charge in [0.1, 0.15) is 11.6 Å². The van der Waals surface area contributed by atoms with Crippen LogP contribution in [-0.4, -0.2) is 13.2 Å². The Kier molecular flexibility index (Phi) is 5.05. The molecule has 0 spiro atoms. The molecule has 1 unspecified atom stereocenters. The van der Waals surface area contributed by atoms with Gasteiger partial charge in [-0.15, -0.1) is 0 Å². The SMILES string of the molecule is NCC(Nc1cccc(F)c1)c1ccc(OC(F)F)cc1. The number of ether oxygens (including phenoxy) is 1. The van der Waals surface area contributed by atoms with E-state index in [0.29, 0.717) is 5.69 Å². The van der Waals surface area contributed by atoms with Crippen LogP contribution in [0.4, 0.5) is 18.9 Å². The summed E-state index contributed by atoms with van der Waals surface area (Å²) in [7, 11) is 0. The molecule has 0 aliphatic heterocycles. The molecule has 0 aliphatic carbocycles. The predicted octanol–water partition coefficient (Wildman–Crippen LogP) is 3.54. The molecule has 2 rings (SSSR count). The Hall–Kier alpha value is -2.21. The van der Waals surface area contributed by atoms with Gasteiger partial charge in [0.25, 0.3) is 0 Å². The first kappa shape index (κ1) is 15.2. The normalized spacial score (nSPS) is 12.2. The fraction of sp³-hybridized carbons (Fsp3) is 0.200. The van der Waals surface area contributed by atoms with Crippen molar-refractivity contribution in [1.82, 2.24) is 0 Å². The minimum atomic E-state index is -2.86. The lowest BCUT2D eigenvalue weighted by Gasteiger charge is -2.19. The van der Waals surface area contributed by atoms with Crippen LogP contribution >= 0.6 is 0 Å². The molecule has 0 aliphatic rings. The molecule has 0 heterocycles. The molecule has 0 fully saturated rings. The summed E-state index contributed by atoms with van der Waals surface area (Å²) < 4.78 is 41.6. The van der Waals surface area contributed by atoms with Crippen molar-refractivity contribution in [1.29, 1.82) is 0 Å². The molecule has 2 aromatic rings. The van der Waals surface area contributed by atoms with Crippen molar-refractivity contribution < 1.29 is 17.9 Å². The molecular weight excluding hydrogens is 281 g/mol. The highest BCUT2D eigenvalue weighted by molar-refractivity contribution is 5.46. The van der Waals surface area contributed by atoms with Crippen LogP contribution in [0.25, 0.3) is 0 Å². The zero-order valence-electron chi connectivity index (χ0n) is 11.1. The Morgan fingerprint density at radius 1 is 1.10 bits per heavy atom. The molecule has 2 aromatic carbocycles. The highest BCUT2D eigenvalue weighted by atomic mass is 19.3. The van der Waals surface area contributed by atoms with Gasteiger partial charge < -0.3 is 15.8 Å². The van der Waals surface area contributed by atoms with Crippen LogP contribution in [-0.2, 0) is 0 Å². The third-order valence-electron chi connectivity index (χ3n) is 2.91. The van der Waals surface area contributed by atoms with Gasteiger partial charge in [-0.1, -0.05) is 18.2 Å².